The molecular weight excluding hydrogens is 318 g/mol. The summed E-state index contributed by atoms with van der Waals surface area (Å²) in [6.07, 6.45) is 3.55. The van der Waals surface area contributed by atoms with E-state index in [2.05, 4.69) is 40.3 Å². The standard InChI is InChI=1S/C16H22BrNO2/c1-10-5-13(9-20-10)15(18-2)8-12-7-14(17)6-11-3-4-19-16(11)12/h6-7,10,13,15,18H,3-5,8-9H2,1-2H3. The Balaban J connectivity index is 1.79. The number of halogens is 1. The molecule has 0 aliphatic carbocycles. The Hall–Kier alpha value is -0.580. The molecule has 2 aliphatic rings. The lowest BCUT2D eigenvalue weighted by Crippen LogP contribution is -2.36. The molecule has 3 rings (SSSR count). The Bertz CT molecular complexity index is 492. The minimum atomic E-state index is 0.389. The predicted molar refractivity (Wildman–Crippen MR) is 83.4 cm³/mol. The topological polar surface area (TPSA) is 30.5 Å². The van der Waals surface area contributed by atoms with Gasteiger partial charge < -0.3 is 14.8 Å². The number of benzene rings is 1. The van der Waals surface area contributed by atoms with Crippen LogP contribution in [-0.4, -0.2) is 32.4 Å². The maximum Gasteiger partial charge on any atom is 0.125 e. The van der Waals surface area contributed by atoms with Crippen molar-refractivity contribution in [2.24, 2.45) is 5.92 Å². The van der Waals surface area contributed by atoms with Crippen LogP contribution in [-0.2, 0) is 17.6 Å². The Morgan fingerprint density at radius 1 is 1.45 bits per heavy atom. The summed E-state index contributed by atoms with van der Waals surface area (Å²) in [6.45, 7) is 3.84. The molecule has 0 bridgehead atoms. The van der Waals surface area contributed by atoms with Gasteiger partial charge in [0.1, 0.15) is 5.75 Å². The van der Waals surface area contributed by atoms with Crippen molar-refractivity contribution in [1.29, 1.82) is 0 Å². The molecule has 0 radical (unpaired) electrons. The van der Waals surface area contributed by atoms with Gasteiger partial charge in [-0.2, -0.15) is 0 Å². The van der Waals surface area contributed by atoms with Gasteiger partial charge in [0, 0.05) is 22.9 Å². The fraction of sp³-hybridized carbons (Fsp3) is 0.625. The first kappa shape index (κ1) is 14.4. The monoisotopic (exact) mass is 339 g/mol. The van der Waals surface area contributed by atoms with E-state index < -0.39 is 0 Å². The van der Waals surface area contributed by atoms with Crippen LogP contribution in [0.25, 0.3) is 0 Å². The van der Waals surface area contributed by atoms with E-state index in [0.717, 1.165) is 42.7 Å². The van der Waals surface area contributed by atoms with Crippen LogP contribution < -0.4 is 10.1 Å². The van der Waals surface area contributed by atoms with Gasteiger partial charge in [-0.25, -0.2) is 0 Å². The average molecular weight is 340 g/mol. The van der Waals surface area contributed by atoms with Crippen molar-refractivity contribution < 1.29 is 9.47 Å². The molecule has 1 N–H and O–H groups in total. The zero-order valence-corrected chi connectivity index (χ0v) is 13.7. The van der Waals surface area contributed by atoms with E-state index in [1.54, 1.807) is 0 Å². The third kappa shape index (κ3) is 2.87. The quantitative estimate of drug-likeness (QED) is 0.914. The van der Waals surface area contributed by atoms with Gasteiger partial charge in [0.2, 0.25) is 0 Å². The summed E-state index contributed by atoms with van der Waals surface area (Å²) >= 11 is 3.62. The van der Waals surface area contributed by atoms with E-state index in [4.69, 9.17) is 9.47 Å². The first-order valence-electron chi connectivity index (χ1n) is 7.40. The Morgan fingerprint density at radius 2 is 2.30 bits per heavy atom. The zero-order chi connectivity index (χ0) is 14.1. The van der Waals surface area contributed by atoms with E-state index in [0.29, 0.717) is 18.1 Å². The lowest BCUT2D eigenvalue weighted by Gasteiger charge is -2.23. The van der Waals surface area contributed by atoms with Crippen molar-refractivity contribution in [3.05, 3.63) is 27.7 Å². The van der Waals surface area contributed by atoms with Gasteiger partial charge >= 0.3 is 0 Å². The second-order valence-electron chi connectivity index (χ2n) is 5.89. The van der Waals surface area contributed by atoms with Gasteiger partial charge in [-0.05, 0) is 50.1 Å². The molecule has 1 aromatic carbocycles. The fourth-order valence-corrected chi connectivity index (χ4v) is 3.92. The number of nitrogens with one attached hydrogen (secondary N) is 1. The van der Waals surface area contributed by atoms with E-state index in [1.165, 1.54) is 11.1 Å². The van der Waals surface area contributed by atoms with Crippen LogP contribution in [0.2, 0.25) is 0 Å². The van der Waals surface area contributed by atoms with Gasteiger partial charge in [-0.15, -0.1) is 0 Å². The normalized spacial score (nSPS) is 26.4. The highest BCUT2D eigenvalue weighted by Crippen LogP contribution is 2.35. The van der Waals surface area contributed by atoms with Gasteiger partial charge in [0.25, 0.3) is 0 Å². The lowest BCUT2D eigenvalue weighted by molar-refractivity contribution is 0.117. The Morgan fingerprint density at radius 3 is 3.00 bits per heavy atom. The molecule has 0 aromatic heterocycles. The summed E-state index contributed by atoms with van der Waals surface area (Å²) < 4.78 is 12.7. The average Bonchev–Trinajstić information content (AvgIpc) is 3.04. The molecule has 3 nitrogen and oxygen atoms in total. The second-order valence-corrected chi connectivity index (χ2v) is 6.81. The molecule has 110 valence electrons. The maximum atomic E-state index is 5.83. The van der Waals surface area contributed by atoms with Crippen molar-refractivity contribution in [2.45, 2.75) is 38.3 Å². The van der Waals surface area contributed by atoms with Crippen LogP contribution in [0.3, 0.4) is 0 Å². The Kier molecular flexibility index (Phi) is 4.34. The lowest BCUT2D eigenvalue weighted by atomic mass is 9.90. The number of ether oxygens (including phenoxy) is 2. The van der Waals surface area contributed by atoms with Crippen LogP contribution in [0.5, 0.6) is 5.75 Å². The summed E-state index contributed by atoms with van der Waals surface area (Å²) in [7, 11) is 2.05. The van der Waals surface area contributed by atoms with E-state index in [1.807, 2.05) is 7.05 Å². The first-order valence-corrected chi connectivity index (χ1v) is 8.19. The number of fused-ring (bicyclic) bond motifs is 1. The molecule has 1 fully saturated rings. The molecule has 2 aliphatic heterocycles. The highest BCUT2D eigenvalue weighted by molar-refractivity contribution is 9.10. The van der Waals surface area contributed by atoms with Crippen molar-refractivity contribution in [2.75, 3.05) is 20.3 Å². The molecule has 1 saturated heterocycles. The molecule has 0 spiro atoms. The second kappa shape index (κ2) is 6.04. The van der Waals surface area contributed by atoms with Crippen molar-refractivity contribution in [1.82, 2.24) is 5.32 Å². The molecule has 0 amide bonds. The van der Waals surface area contributed by atoms with Crippen molar-refractivity contribution in [3.63, 3.8) is 0 Å². The highest BCUT2D eigenvalue weighted by atomic mass is 79.9. The van der Waals surface area contributed by atoms with Crippen LogP contribution in [0.15, 0.2) is 16.6 Å². The summed E-state index contributed by atoms with van der Waals surface area (Å²) in [4.78, 5) is 0. The molecule has 3 unspecified atom stereocenters. The number of likely N-dealkylation sites (N-methyl/N-ethyl adjacent to an activating group) is 1. The third-order valence-corrected chi connectivity index (χ3v) is 4.89. The maximum absolute atomic E-state index is 5.83. The van der Waals surface area contributed by atoms with Crippen molar-refractivity contribution >= 4 is 15.9 Å². The van der Waals surface area contributed by atoms with Gasteiger partial charge in [0.15, 0.2) is 0 Å². The minimum absolute atomic E-state index is 0.389. The highest BCUT2D eigenvalue weighted by Gasteiger charge is 2.30. The van der Waals surface area contributed by atoms with Crippen LogP contribution in [0.4, 0.5) is 0 Å². The minimum Gasteiger partial charge on any atom is -0.493 e. The van der Waals surface area contributed by atoms with Crippen LogP contribution in [0.1, 0.15) is 24.5 Å². The molecule has 20 heavy (non-hydrogen) atoms. The van der Waals surface area contributed by atoms with Crippen LogP contribution in [0, 0.1) is 5.92 Å². The Labute approximate surface area is 129 Å². The molecule has 3 atom stereocenters. The first-order chi connectivity index (χ1) is 9.67. The molecular formula is C16H22BrNO2. The predicted octanol–water partition coefficient (Wildman–Crippen LogP) is 2.94. The summed E-state index contributed by atoms with van der Waals surface area (Å²) in [5.41, 5.74) is 2.64. The number of hydrogen-bond acceptors (Lipinski definition) is 3. The third-order valence-electron chi connectivity index (χ3n) is 4.43. The fourth-order valence-electron chi connectivity index (χ4n) is 3.37. The van der Waals surface area contributed by atoms with Crippen molar-refractivity contribution in [3.8, 4) is 5.75 Å². The van der Waals surface area contributed by atoms with E-state index >= 15 is 0 Å². The smallest absolute Gasteiger partial charge is 0.125 e. The number of rotatable bonds is 4. The van der Waals surface area contributed by atoms with E-state index in [-0.39, 0.29) is 0 Å². The van der Waals surface area contributed by atoms with Gasteiger partial charge in [0.05, 0.1) is 19.3 Å². The summed E-state index contributed by atoms with van der Waals surface area (Å²) in [5, 5.41) is 3.47. The van der Waals surface area contributed by atoms with E-state index in [9.17, 15) is 0 Å². The zero-order valence-electron chi connectivity index (χ0n) is 12.1. The SMILES string of the molecule is CNC(Cc1cc(Br)cc2c1OCC2)C1COC(C)C1. The molecule has 2 heterocycles. The van der Waals surface area contributed by atoms with Gasteiger partial charge in [-0.3, -0.25) is 0 Å². The van der Waals surface area contributed by atoms with Crippen LogP contribution >= 0.6 is 15.9 Å². The van der Waals surface area contributed by atoms with Gasteiger partial charge in [-0.1, -0.05) is 15.9 Å². The summed E-state index contributed by atoms with van der Waals surface area (Å²) in [5.74, 6) is 1.70. The molecule has 0 saturated carbocycles. The molecule has 1 aromatic rings. The number of hydrogen-bond donors (Lipinski definition) is 1. The molecule has 4 heteroatoms. The largest absolute Gasteiger partial charge is 0.493 e. The summed E-state index contributed by atoms with van der Waals surface area (Å²) in [6, 6.07) is 4.83.